The molecule has 122 valence electrons. The van der Waals surface area contributed by atoms with E-state index in [1.807, 2.05) is 19.1 Å². The van der Waals surface area contributed by atoms with Gasteiger partial charge in [-0.3, -0.25) is 4.79 Å². The monoisotopic (exact) mass is 318 g/mol. The second-order valence-electron chi connectivity index (χ2n) is 5.29. The molecule has 0 fully saturated rings. The van der Waals surface area contributed by atoms with Crippen molar-refractivity contribution in [1.29, 1.82) is 0 Å². The Bertz CT molecular complexity index is 672. The molecule has 0 bridgehead atoms. The van der Waals surface area contributed by atoms with Crippen molar-refractivity contribution >= 4 is 5.97 Å². The maximum Gasteiger partial charge on any atom is 0.302 e. The number of hydrogen-bond acceptors (Lipinski definition) is 4. The average Bonchev–Trinajstić information content (AvgIpc) is 2.52. The largest absolute Gasteiger partial charge is 0.507 e. The Kier molecular flexibility index (Phi) is 5.34. The lowest BCUT2D eigenvalue weighted by atomic mass is 9.97. The molecule has 0 heterocycles. The van der Waals surface area contributed by atoms with E-state index < -0.39 is 17.9 Å². The molecule has 2 rings (SSSR count). The Morgan fingerprint density at radius 2 is 1.87 bits per heavy atom. The molecule has 0 aromatic heterocycles. The van der Waals surface area contributed by atoms with Gasteiger partial charge in [0.05, 0.1) is 5.56 Å². The third-order valence-corrected chi connectivity index (χ3v) is 3.59. The maximum atomic E-state index is 14.3. The third-order valence-electron chi connectivity index (χ3n) is 3.59. The van der Waals surface area contributed by atoms with Gasteiger partial charge in [0.15, 0.2) is 0 Å². The lowest BCUT2D eigenvalue weighted by Crippen LogP contribution is -2.05. The maximum absolute atomic E-state index is 14.3. The lowest BCUT2D eigenvalue weighted by Gasteiger charge is -2.16. The van der Waals surface area contributed by atoms with E-state index in [0.717, 1.165) is 18.1 Å². The minimum atomic E-state index is -1.27. The first-order chi connectivity index (χ1) is 10.9. The number of aliphatic hydroxyl groups excluding tert-OH is 1. The van der Waals surface area contributed by atoms with E-state index in [1.54, 1.807) is 12.1 Å². The Hall–Kier alpha value is -2.40. The molecule has 2 N–H and O–H groups in total. The van der Waals surface area contributed by atoms with Gasteiger partial charge in [0, 0.05) is 6.92 Å². The predicted molar refractivity (Wildman–Crippen MR) is 83.4 cm³/mol. The molecule has 0 spiro atoms. The number of esters is 1. The van der Waals surface area contributed by atoms with Gasteiger partial charge >= 0.3 is 5.97 Å². The first kappa shape index (κ1) is 17.0. The van der Waals surface area contributed by atoms with Crippen LogP contribution < -0.4 is 0 Å². The van der Waals surface area contributed by atoms with Gasteiger partial charge < -0.3 is 14.9 Å². The molecule has 1 atom stereocenters. The van der Waals surface area contributed by atoms with Crippen molar-refractivity contribution in [3.8, 4) is 5.75 Å². The number of phenolic OH excluding ortho intramolecular Hbond substituents is 1. The summed E-state index contributed by atoms with van der Waals surface area (Å²) in [6, 6.07) is 9.53. The molecule has 0 aliphatic rings. The number of phenols is 1. The molecule has 0 aliphatic heterocycles. The fourth-order valence-electron chi connectivity index (χ4n) is 2.30. The fourth-order valence-corrected chi connectivity index (χ4v) is 2.30. The van der Waals surface area contributed by atoms with Gasteiger partial charge in [-0.2, -0.15) is 0 Å². The van der Waals surface area contributed by atoms with E-state index in [1.165, 1.54) is 13.0 Å². The van der Waals surface area contributed by atoms with Crippen LogP contribution in [0.3, 0.4) is 0 Å². The Morgan fingerprint density at radius 3 is 2.39 bits per heavy atom. The van der Waals surface area contributed by atoms with Crippen molar-refractivity contribution in [3.05, 3.63) is 64.5 Å². The highest BCUT2D eigenvalue weighted by Gasteiger charge is 2.20. The van der Waals surface area contributed by atoms with Crippen molar-refractivity contribution < 1.29 is 24.1 Å². The molecule has 5 heteroatoms. The summed E-state index contributed by atoms with van der Waals surface area (Å²) in [7, 11) is 0. The first-order valence-electron chi connectivity index (χ1n) is 7.34. The molecule has 2 aromatic carbocycles. The van der Waals surface area contributed by atoms with Gasteiger partial charge in [0.2, 0.25) is 0 Å². The van der Waals surface area contributed by atoms with Gasteiger partial charge in [0.25, 0.3) is 0 Å². The highest BCUT2D eigenvalue weighted by molar-refractivity contribution is 5.66. The second-order valence-corrected chi connectivity index (χ2v) is 5.29. The van der Waals surface area contributed by atoms with Gasteiger partial charge in [-0.05, 0) is 35.2 Å². The Morgan fingerprint density at radius 1 is 1.22 bits per heavy atom. The smallest absolute Gasteiger partial charge is 0.302 e. The van der Waals surface area contributed by atoms with E-state index in [0.29, 0.717) is 11.1 Å². The highest BCUT2D eigenvalue weighted by atomic mass is 19.1. The Labute approximate surface area is 134 Å². The first-order valence-corrected chi connectivity index (χ1v) is 7.34. The summed E-state index contributed by atoms with van der Waals surface area (Å²) in [6.07, 6.45) is -0.412. The standard InChI is InChI=1S/C18H19FO4/c1-3-12-4-6-14(7-5-12)18(22)17-15(19)8-13(9-16(17)21)10-23-11(2)20/h4-9,18,21-22H,3,10H2,1-2H3. The van der Waals surface area contributed by atoms with Crippen LogP contribution in [-0.2, 0) is 22.6 Å². The number of carbonyl (C=O) groups is 1. The summed E-state index contributed by atoms with van der Waals surface area (Å²) < 4.78 is 19.0. The summed E-state index contributed by atoms with van der Waals surface area (Å²) in [4.78, 5) is 10.8. The fraction of sp³-hybridized carbons (Fsp3) is 0.278. The summed E-state index contributed by atoms with van der Waals surface area (Å²) in [5.74, 6) is -1.62. The Balaban J connectivity index is 2.28. The van der Waals surface area contributed by atoms with Crippen molar-refractivity contribution in [2.45, 2.75) is 33.0 Å². The van der Waals surface area contributed by atoms with Crippen LogP contribution in [0.25, 0.3) is 0 Å². The summed E-state index contributed by atoms with van der Waals surface area (Å²) in [5, 5.41) is 20.4. The third kappa shape index (κ3) is 4.07. The number of aryl methyl sites for hydroxylation is 1. The molecule has 0 amide bonds. The number of halogens is 1. The average molecular weight is 318 g/mol. The van der Waals surface area contributed by atoms with E-state index >= 15 is 0 Å². The number of rotatable bonds is 5. The second kappa shape index (κ2) is 7.24. The highest BCUT2D eigenvalue weighted by Crippen LogP contribution is 2.33. The number of benzene rings is 2. The zero-order valence-corrected chi connectivity index (χ0v) is 13.0. The molecular formula is C18H19FO4. The van der Waals surface area contributed by atoms with Gasteiger partial charge in [-0.25, -0.2) is 4.39 Å². The van der Waals surface area contributed by atoms with Crippen LogP contribution in [-0.4, -0.2) is 16.2 Å². The molecule has 1 unspecified atom stereocenters. The summed E-state index contributed by atoms with van der Waals surface area (Å²) >= 11 is 0. The van der Waals surface area contributed by atoms with Crippen LogP contribution in [0.1, 0.15) is 42.2 Å². The molecule has 2 aromatic rings. The van der Waals surface area contributed by atoms with Crippen LogP contribution in [0.5, 0.6) is 5.75 Å². The van der Waals surface area contributed by atoms with E-state index in [9.17, 15) is 19.4 Å². The van der Waals surface area contributed by atoms with Crippen LogP contribution in [0, 0.1) is 5.82 Å². The summed E-state index contributed by atoms with van der Waals surface area (Å²) in [5.41, 5.74) is 1.71. The van der Waals surface area contributed by atoms with E-state index in [-0.39, 0.29) is 17.9 Å². The minimum Gasteiger partial charge on any atom is -0.507 e. The molecule has 0 saturated carbocycles. The SMILES string of the molecule is CCc1ccc(C(O)c2c(O)cc(COC(C)=O)cc2F)cc1. The zero-order valence-electron chi connectivity index (χ0n) is 13.0. The van der Waals surface area contributed by atoms with Crippen LogP contribution in [0.4, 0.5) is 4.39 Å². The lowest BCUT2D eigenvalue weighted by molar-refractivity contribution is -0.142. The topological polar surface area (TPSA) is 66.8 Å². The minimum absolute atomic E-state index is 0.138. The van der Waals surface area contributed by atoms with Gasteiger partial charge in [-0.1, -0.05) is 31.2 Å². The number of aliphatic hydroxyl groups is 1. The zero-order chi connectivity index (χ0) is 17.0. The summed E-state index contributed by atoms with van der Waals surface area (Å²) in [6.45, 7) is 3.12. The molecule has 0 radical (unpaired) electrons. The molecule has 0 aliphatic carbocycles. The molecule has 0 saturated heterocycles. The quantitative estimate of drug-likeness (QED) is 0.831. The van der Waals surface area contributed by atoms with E-state index in [4.69, 9.17) is 4.74 Å². The number of hydrogen-bond donors (Lipinski definition) is 2. The predicted octanol–water partition coefficient (Wildman–Crippen LogP) is 3.24. The van der Waals surface area contributed by atoms with Crippen LogP contribution >= 0.6 is 0 Å². The number of aromatic hydroxyl groups is 1. The number of ether oxygens (including phenoxy) is 1. The number of carbonyl (C=O) groups excluding carboxylic acids is 1. The van der Waals surface area contributed by atoms with Gasteiger partial charge in [0.1, 0.15) is 24.3 Å². The molecule has 4 nitrogen and oxygen atoms in total. The normalized spacial score (nSPS) is 12.0. The van der Waals surface area contributed by atoms with Crippen LogP contribution in [0.15, 0.2) is 36.4 Å². The van der Waals surface area contributed by atoms with Crippen molar-refractivity contribution in [2.24, 2.45) is 0 Å². The van der Waals surface area contributed by atoms with Crippen molar-refractivity contribution in [2.75, 3.05) is 0 Å². The van der Waals surface area contributed by atoms with E-state index in [2.05, 4.69) is 0 Å². The van der Waals surface area contributed by atoms with Crippen molar-refractivity contribution in [3.63, 3.8) is 0 Å². The molecular weight excluding hydrogens is 299 g/mol. The molecule has 23 heavy (non-hydrogen) atoms. The van der Waals surface area contributed by atoms with Crippen molar-refractivity contribution in [1.82, 2.24) is 0 Å². The van der Waals surface area contributed by atoms with Crippen LogP contribution in [0.2, 0.25) is 0 Å². The van der Waals surface area contributed by atoms with Gasteiger partial charge in [-0.15, -0.1) is 0 Å².